The number of benzene rings is 1. The van der Waals surface area contributed by atoms with Gasteiger partial charge in [0.2, 0.25) is 0 Å². The van der Waals surface area contributed by atoms with Gasteiger partial charge in [-0.3, -0.25) is 9.69 Å². The number of amides is 1. The van der Waals surface area contributed by atoms with E-state index >= 15 is 0 Å². The molecule has 0 N–H and O–H groups in total. The Morgan fingerprint density at radius 1 is 1.33 bits per heavy atom. The van der Waals surface area contributed by atoms with E-state index in [1.54, 1.807) is 0 Å². The average Bonchev–Trinajstić information content (AvgIpc) is 2.51. The number of ether oxygens (including phenoxy) is 1. The maximum atomic E-state index is 12.2. The lowest BCUT2D eigenvalue weighted by Crippen LogP contribution is -2.40. The molecule has 0 spiro atoms. The van der Waals surface area contributed by atoms with E-state index in [0.717, 1.165) is 12.0 Å². The van der Waals surface area contributed by atoms with Crippen LogP contribution in [0, 0.1) is 0 Å². The number of hydrogen-bond acceptors (Lipinski definition) is 3. The number of nitrogens with zero attached hydrogens (tertiary/aromatic N) is 1. The van der Waals surface area contributed by atoms with E-state index in [4.69, 9.17) is 16.3 Å². The van der Waals surface area contributed by atoms with Crippen molar-refractivity contribution in [2.75, 3.05) is 5.88 Å². The van der Waals surface area contributed by atoms with Crippen molar-refractivity contribution in [3.05, 3.63) is 48.2 Å². The lowest BCUT2D eigenvalue weighted by molar-refractivity contribution is -0.116. The predicted octanol–water partition coefficient (Wildman–Crippen LogP) is 3.50. The predicted molar refractivity (Wildman–Crippen MR) is 81.0 cm³/mol. The fourth-order valence-corrected chi connectivity index (χ4v) is 2.40. The minimum atomic E-state index is -0.429. The van der Waals surface area contributed by atoms with Crippen molar-refractivity contribution in [3.63, 3.8) is 0 Å². The SMILES string of the molecule is O=C1C=CN(C(=O)OCc2ccccc2)[C@@H](CCCCl)C1. The highest BCUT2D eigenvalue weighted by atomic mass is 35.5. The highest BCUT2D eigenvalue weighted by Gasteiger charge is 2.27. The van der Waals surface area contributed by atoms with E-state index in [-0.39, 0.29) is 18.4 Å². The van der Waals surface area contributed by atoms with Crippen molar-refractivity contribution >= 4 is 23.5 Å². The third-order valence-electron chi connectivity index (χ3n) is 3.34. The van der Waals surface area contributed by atoms with Gasteiger partial charge in [0.05, 0.1) is 0 Å². The number of halogens is 1. The van der Waals surface area contributed by atoms with Crippen LogP contribution in [0.2, 0.25) is 0 Å². The monoisotopic (exact) mass is 307 g/mol. The quantitative estimate of drug-likeness (QED) is 0.782. The molecule has 21 heavy (non-hydrogen) atoms. The molecule has 0 aromatic heterocycles. The Kier molecular flexibility index (Phi) is 5.81. The largest absolute Gasteiger partial charge is 0.444 e. The van der Waals surface area contributed by atoms with Crippen LogP contribution in [0.5, 0.6) is 0 Å². The van der Waals surface area contributed by atoms with E-state index in [1.165, 1.54) is 17.2 Å². The van der Waals surface area contributed by atoms with Gasteiger partial charge in [-0.1, -0.05) is 30.3 Å². The number of rotatable bonds is 5. The first-order valence-electron chi connectivity index (χ1n) is 6.96. The number of ketones is 1. The van der Waals surface area contributed by atoms with Gasteiger partial charge >= 0.3 is 6.09 Å². The van der Waals surface area contributed by atoms with Crippen LogP contribution in [0.3, 0.4) is 0 Å². The molecule has 1 aliphatic heterocycles. The van der Waals surface area contributed by atoms with Gasteiger partial charge in [-0.25, -0.2) is 4.79 Å². The molecule has 112 valence electrons. The highest BCUT2D eigenvalue weighted by Crippen LogP contribution is 2.19. The van der Waals surface area contributed by atoms with Crippen LogP contribution in [0.1, 0.15) is 24.8 Å². The van der Waals surface area contributed by atoms with Gasteiger partial charge in [0, 0.05) is 24.5 Å². The number of hydrogen-bond donors (Lipinski definition) is 0. The number of carbonyl (C=O) groups is 2. The van der Waals surface area contributed by atoms with Gasteiger partial charge < -0.3 is 4.74 Å². The molecule has 0 unspecified atom stereocenters. The lowest BCUT2D eigenvalue weighted by Gasteiger charge is -2.30. The molecule has 4 nitrogen and oxygen atoms in total. The Labute approximate surface area is 129 Å². The number of carbonyl (C=O) groups excluding carboxylic acids is 2. The van der Waals surface area contributed by atoms with Gasteiger partial charge in [-0.05, 0) is 24.5 Å². The second-order valence-electron chi connectivity index (χ2n) is 4.92. The van der Waals surface area contributed by atoms with E-state index in [9.17, 15) is 9.59 Å². The van der Waals surface area contributed by atoms with Crippen molar-refractivity contribution in [3.8, 4) is 0 Å². The van der Waals surface area contributed by atoms with Crippen LogP contribution in [-0.4, -0.2) is 28.7 Å². The molecule has 0 aliphatic carbocycles. The fourth-order valence-electron chi connectivity index (χ4n) is 2.24. The summed E-state index contributed by atoms with van der Waals surface area (Å²) >= 11 is 5.69. The molecular formula is C16H18ClNO3. The third-order valence-corrected chi connectivity index (χ3v) is 3.61. The van der Waals surface area contributed by atoms with Crippen LogP contribution in [0.15, 0.2) is 42.6 Å². The molecule has 1 aromatic carbocycles. The molecule has 5 heteroatoms. The van der Waals surface area contributed by atoms with Crippen LogP contribution >= 0.6 is 11.6 Å². The van der Waals surface area contributed by atoms with Gasteiger partial charge in [0.25, 0.3) is 0 Å². The van der Waals surface area contributed by atoms with E-state index in [1.807, 2.05) is 30.3 Å². The zero-order valence-corrected chi connectivity index (χ0v) is 12.5. The molecular weight excluding hydrogens is 290 g/mol. The Bertz CT molecular complexity index is 516. The second kappa shape index (κ2) is 7.84. The Morgan fingerprint density at radius 3 is 2.81 bits per heavy atom. The van der Waals surface area contributed by atoms with Gasteiger partial charge in [0.1, 0.15) is 6.61 Å². The molecule has 2 rings (SSSR count). The first-order valence-corrected chi connectivity index (χ1v) is 7.50. The molecule has 1 aromatic rings. The van der Waals surface area contributed by atoms with Crippen molar-refractivity contribution < 1.29 is 14.3 Å². The zero-order chi connectivity index (χ0) is 15.1. The van der Waals surface area contributed by atoms with Crippen molar-refractivity contribution in [1.29, 1.82) is 0 Å². The molecule has 1 amide bonds. The summed E-state index contributed by atoms with van der Waals surface area (Å²) in [5, 5.41) is 0. The molecule has 0 saturated carbocycles. The van der Waals surface area contributed by atoms with Crippen molar-refractivity contribution in [2.24, 2.45) is 0 Å². The summed E-state index contributed by atoms with van der Waals surface area (Å²) in [7, 11) is 0. The normalized spacial score (nSPS) is 17.9. The third kappa shape index (κ3) is 4.60. The van der Waals surface area contributed by atoms with Crippen LogP contribution in [-0.2, 0) is 16.1 Å². The van der Waals surface area contributed by atoms with Crippen LogP contribution < -0.4 is 0 Å². The Morgan fingerprint density at radius 2 is 2.10 bits per heavy atom. The maximum absolute atomic E-state index is 12.2. The Hall–Kier alpha value is -1.81. The molecule has 0 saturated heterocycles. The summed E-state index contributed by atoms with van der Waals surface area (Å²) in [5.74, 6) is 0.545. The summed E-state index contributed by atoms with van der Waals surface area (Å²) < 4.78 is 5.30. The Balaban J connectivity index is 1.95. The highest BCUT2D eigenvalue weighted by molar-refractivity contribution is 6.17. The maximum Gasteiger partial charge on any atom is 0.414 e. The first kappa shape index (κ1) is 15.6. The summed E-state index contributed by atoms with van der Waals surface area (Å²) in [5.41, 5.74) is 0.931. The van der Waals surface area contributed by atoms with Gasteiger partial charge in [0.15, 0.2) is 5.78 Å². The molecule has 1 heterocycles. The van der Waals surface area contributed by atoms with Crippen molar-refractivity contribution in [2.45, 2.75) is 31.9 Å². The average molecular weight is 308 g/mol. The topological polar surface area (TPSA) is 46.6 Å². The number of alkyl halides is 1. The van der Waals surface area contributed by atoms with Crippen molar-refractivity contribution in [1.82, 2.24) is 4.90 Å². The number of allylic oxidation sites excluding steroid dienone is 1. The smallest absolute Gasteiger partial charge is 0.414 e. The second-order valence-corrected chi connectivity index (χ2v) is 5.30. The summed E-state index contributed by atoms with van der Waals surface area (Å²) in [4.78, 5) is 25.1. The van der Waals surface area contributed by atoms with Gasteiger partial charge in [-0.2, -0.15) is 0 Å². The van der Waals surface area contributed by atoms with E-state index in [2.05, 4.69) is 0 Å². The first-order chi connectivity index (χ1) is 10.2. The summed E-state index contributed by atoms with van der Waals surface area (Å²) in [6, 6.07) is 9.33. The van der Waals surface area contributed by atoms with E-state index in [0.29, 0.717) is 18.7 Å². The van der Waals surface area contributed by atoms with E-state index < -0.39 is 6.09 Å². The minimum Gasteiger partial charge on any atom is -0.444 e. The minimum absolute atomic E-state index is 0.0293. The van der Waals surface area contributed by atoms with Crippen LogP contribution in [0.4, 0.5) is 4.79 Å². The molecule has 1 aliphatic rings. The zero-order valence-electron chi connectivity index (χ0n) is 11.7. The molecule has 0 bridgehead atoms. The lowest BCUT2D eigenvalue weighted by atomic mass is 10.0. The molecule has 0 radical (unpaired) electrons. The fraction of sp³-hybridized carbons (Fsp3) is 0.375. The van der Waals surface area contributed by atoms with Gasteiger partial charge in [-0.15, -0.1) is 11.6 Å². The van der Waals surface area contributed by atoms with Crippen LogP contribution in [0.25, 0.3) is 0 Å². The summed E-state index contributed by atoms with van der Waals surface area (Å²) in [6.45, 7) is 0.222. The summed E-state index contributed by atoms with van der Waals surface area (Å²) in [6.07, 6.45) is 4.28. The molecule has 1 atom stereocenters. The molecule has 0 fully saturated rings. The standard InChI is InChI=1S/C16H18ClNO3/c17-9-4-7-14-11-15(19)8-10-18(14)16(20)21-12-13-5-2-1-3-6-13/h1-3,5-6,8,10,14H,4,7,9,11-12H2/t14-/m0/s1.